The molecule has 4 nitrogen and oxygen atoms in total. The monoisotopic (exact) mass is 267 g/mol. The van der Waals surface area contributed by atoms with Crippen molar-refractivity contribution in [1.29, 1.82) is 0 Å². The highest BCUT2D eigenvalue weighted by Crippen LogP contribution is 2.26. The maximum Gasteiger partial charge on any atom is 0.410 e. The lowest BCUT2D eigenvalue weighted by molar-refractivity contribution is 0.0245. The predicted molar refractivity (Wildman–Crippen MR) is 74.1 cm³/mol. The number of rotatable bonds is 0. The molecule has 2 fully saturated rings. The van der Waals surface area contributed by atoms with Gasteiger partial charge in [-0.2, -0.15) is 0 Å². The van der Waals surface area contributed by atoms with E-state index in [0.29, 0.717) is 0 Å². The highest BCUT2D eigenvalue weighted by atomic mass is 16.6. The van der Waals surface area contributed by atoms with Crippen LogP contribution in [-0.4, -0.2) is 42.9 Å². The molecule has 0 bridgehead atoms. The van der Waals surface area contributed by atoms with E-state index >= 15 is 0 Å². The van der Waals surface area contributed by atoms with E-state index < -0.39 is 5.60 Å². The van der Waals surface area contributed by atoms with Crippen molar-refractivity contribution in [3.63, 3.8) is 0 Å². The van der Waals surface area contributed by atoms with Gasteiger partial charge in [0.15, 0.2) is 0 Å². The molecule has 0 aliphatic carbocycles. The zero-order chi connectivity index (χ0) is 13.9. The Morgan fingerprint density at radius 1 is 1.16 bits per heavy atom. The fourth-order valence-corrected chi connectivity index (χ4v) is 2.61. The second-order valence-corrected chi connectivity index (χ2v) is 6.32. The van der Waals surface area contributed by atoms with E-state index in [-0.39, 0.29) is 6.09 Å². The van der Waals surface area contributed by atoms with Gasteiger partial charge in [0.1, 0.15) is 5.60 Å². The zero-order valence-corrected chi connectivity index (χ0v) is 12.3. The summed E-state index contributed by atoms with van der Waals surface area (Å²) in [5.41, 5.74) is 2.51. The average Bonchev–Trinajstić information content (AvgIpc) is 2.38. The third-order valence-electron chi connectivity index (χ3n) is 3.54. The molecule has 0 atom stereocenters. The molecule has 0 radical (unpaired) electrons. The van der Waals surface area contributed by atoms with Crippen molar-refractivity contribution in [1.82, 2.24) is 4.90 Å². The van der Waals surface area contributed by atoms with Gasteiger partial charge in [0, 0.05) is 13.1 Å². The summed E-state index contributed by atoms with van der Waals surface area (Å²) in [5.74, 6) is 0. The van der Waals surface area contributed by atoms with E-state index in [0.717, 1.165) is 52.0 Å². The summed E-state index contributed by atoms with van der Waals surface area (Å²) in [5, 5.41) is 0. The number of ether oxygens (including phenoxy) is 2. The van der Waals surface area contributed by atoms with Gasteiger partial charge < -0.3 is 14.4 Å². The van der Waals surface area contributed by atoms with Crippen molar-refractivity contribution in [2.45, 2.75) is 52.1 Å². The number of hydrogen-bond acceptors (Lipinski definition) is 3. The Kier molecular flexibility index (Phi) is 4.50. The maximum atomic E-state index is 12.1. The number of likely N-dealkylation sites (tertiary alicyclic amines) is 1. The Morgan fingerprint density at radius 2 is 1.84 bits per heavy atom. The average molecular weight is 267 g/mol. The SMILES string of the molecule is CC(C)(C)OC(=O)N1CCCC(=C2CCOCC2)C1. The molecule has 2 aliphatic heterocycles. The lowest BCUT2D eigenvalue weighted by Gasteiger charge is -2.33. The van der Waals surface area contributed by atoms with Crippen LogP contribution in [0, 0.1) is 0 Å². The van der Waals surface area contributed by atoms with Gasteiger partial charge in [0.05, 0.1) is 13.2 Å². The van der Waals surface area contributed by atoms with Crippen LogP contribution in [0.3, 0.4) is 0 Å². The van der Waals surface area contributed by atoms with Gasteiger partial charge in [-0.25, -0.2) is 4.79 Å². The molecule has 2 aliphatic rings. The minimum absolute atomic E-state index is 0.183. The minimum Gasteiger partial charge on any atom is -0.444 e. The van der Waals surface area contributed by atoms with Crippen LogP contribution in [0.25, 0.3) is 0 Å². The summed E-state index contributed by atoms with van der Waals surface area (Å²) in [4.78, 5) is 13.9. The first-order valence-corrected chi connectivity index (χ1v) is 7.21. The van der Waals surface area contributed by atoms with E-state index in [2.05, 4.69) is 0 Å². The minimum atomic E-state index is -0.416. The Balaban J connectivity index is 1.98. The van der Waals surface area contributed by atoms with Crippen LogP contribution < -0.4 is 0 Å². The van der Waals surface area contributed by atoms with Crippen LogP contribution >= 0.6 is 0 Å². The molecule has 0 unspecified atom stereocenters. The van der Waals surface area contributed by atoms with Crippen molar-refractivity contribution in [2.24, 2.45) is 0 Å². The first-order valence-electron chi connectivity index (χ1n) is 7.21. The number of piperidine rings is 1. The fraction of sp³-hybridized carbons (Fsp3) is 0.800. The highest BCUT2D eigenvalue weighted by Gasteiger charge is 2.26. The van der Waals surface area contributed by atoms with E-state index in [4.69, 9.17) is 9.47 Å². The van der Waals surface area contributed by atoms with E-state index in [1.807, 2.05) is 25.7 Å². The lowest BCUT2D eigenvalue weighted by atomic mass is 9.94. The summed E-state index contributed by atoms with van der Waals surface area (Å²) < 4.78 is 10.8. The van der Waals surface area contributed by atoms with Crippen molar-refractivity contribution >= 4 is 6.09 Å². The second kappa shape index (κ2) is 5.95. The summed E-state index contributed by atoms with van der Waals surface area (Å²) in [6.07, 6.45) is 4.03. The van der Waals surface area contributed by atoms with Crippen molar-refractivity contribution in [3.8, 4) is 0 Å². The molecule has 0 N–H and O–H groups in total. The second-order valence-electron chi connectivity index (χ2n) is 6.32. The molecule has 0 aromatic carbocycles. The number of carbonyl (C=O) groups excluding carboxylic acids is 1. The van der Waals surface area contributed by atoms with Crippen LogP contribution in [0.4, 0.5) is 4.79 Å². The van der Waals surface area contributed by atoms with Gasteiger partial charge in [0.2, 0.25) is 0 Å². The number of carbonyl (C=O) groups is 1. The molecule has 2 saturated heterocycles. The van der Waals surface area contributed by atoms with Gasteiger partial charge in [-0.1, -0.05) is 11.1 Å². The molecule has 0 aromatic heterocycles. The zero-order valence-electron chi connectivity index (χ0n) is 12.3. The van der Waals surface area contributed by atoms with Crippen molar-refractivity contribution in [3.05, 3.63) is 11.1 Å². The van der Waals surface area contributed by atoms with Crippen LogP contribution in [0.1, 0.15) is 46.5 Å². The standard InChI is InChI=1S/C15H25NO3/c1-15(2,3)19-14(17)16-8-4-5-13(11-16)12-6-9-18-10-7-12/h4-11H2,1-3H3. The Morgan fingerprint density at radius 3 is 2.47 bits per heavy atom. The Bertz CT molecular complexity index is 360. The van der Waals surface area contributed by atoms with Crippen LogP contribution in [-0.2, 0) is 9.47 Å². The van der Waals surface area contributed by atoms with Gasteiger partial charge in [-0.3, -0.25) is 0 Å². The van der Waals surface area contributed by atoms with Gasteiger partial charge in [-0.15, -0.1) is 0 Å². The smallest absolute Gasteiger partial charge is 0.410 e. The molecule has 1 amide bonds. The Hall–Kier alpha value is -1.03. The van der Waals surface area contributed by atoms with Gasteiger partial charge in [0.25, 0.3) is 0 Å². The van der Waals surface area contributed by atoms with Crippen LogP contribution in [0.5, 0.6) is 0 Å². The van der Waals surface area contributed by atoms with Crippen molar-refractivity contribution in [2.75, 3.05) is 26.3 Å². The number of hydrogen-bond donors (Lipinski definition) is 0. The topological polar surface area (TPSA) is 38.8 Å². The molecule has 0 saturated carbocycles. The molecule has 4 heteroatoms. The van der Waals surface area contributed by atoms with Gasteiger partial charge in [-0.05, 0) is 46.5 Å². The van der Waals surface area contributed by atoms with E-state index in [1.54, 1.807) is 0 Å². The molecular weight excluding hydrogens is 242 g/mol. The molecular formula is C15H25NO3. The molecule has 2 rings (SSSR count). The summed E-state index contributed by atoms with van der Waals surface area (Å²) in [6, 6.07) is 0. The summed E-state index contributed by atoms with van der Waals surface area (Å²) >= 11 is 0. The van der Waals surface area contributed by atoms with Crippen LogP contribution in [0.15, 0.2) is 11.1 Å². The van der Waals surface area contributed by atoms with Gasteiger partial charge >= 0.3 is 6.09 Å². The Labute approximate surface area is 115 Å². The first kappa shape index (κ1) is 14.4. The first-order chi connectivity index (χ1) is 8.96. The molecule has 0 spiro atoms. The highest BCUT2D eigenvalue weighted by molar-refractivity contribution is 5.68. The largest absolute Gasteiger partial charge is 0.444 e. The maximum absolute atomic E-state index is 12.1. The predicted octanol–water partition coefficient (Wildman–Crippen LogP) is 3.12. The number of nitrogens with zero attached hydrogens (tertiary/aromatic N) is 1. The third kappa shape index (κ3) is 4.23. The molecule has 108 valence electrons. The summed E-state index contributed by atoms with van der Waals surface area (Å²) in [7, 11) is 0. The van der Waals surface area contributed by atoms with Crippen molar-refractivity contribution < 1.29 is 14.3 Å². The third-order valence-corrected chi connectivity index (χ3v) is 3.54. The molecule has 19 heavy (non-hydrogen) atoms. The quantitative estimate of drug-likeness (QED) is 0.633. The lowest BCUT2D eigenvalue weighted by Crippen LogP contribution is -2.41. The van der Waals surface area contributed by atoms with E-state index in [9.17, 15) is 4.79 Å². The summed E-state index contributed by atoms with van der Waals surface area (Å²) in [6.45, 7) is 8.93. The fourth-order valence-electron chi connectivity index (χ4n) is 2.61. The van der Waals surface area contributed by atoms with E-state index in [1.165, 1.54) is 11.1 Å². The van der Waals surface area contributed by atoms with Crippen LogP contribution in [0.2, 0.25) is 0 Å². The molecule has 0 aromatic rings. The number of amides is 1. The normalized spacial score (nSPS) is 21.5. The molecule has 2 heterocycles.